The minimum atomic E-state index is -1.42. The molecule has 0 spiro atoms. The molecule has 11 nitrogen and oxygen atoms in total. The van der Waals surface area contributed by atoms with E-state index in [4.69, 9.17) is 14.2 Å². The first-order valence-corrected chi connectivity index (χ1v) is 16.6. The van der Waals surface area contributed by atoms with Crippen molar-refractivity contribution in [1.82, 2.24) is 15.2 Å². The summed E-state index contributed by atoms with van der Waals surface area (Å²) in [4.78, 5) is 45.5. The number of hydrogen-bond donors (Lipinski definition) is 3. The van der Waals surface area contributed by atoms with Crippen molar-refractivity contribution in [2.24, 2.45) is 0 Å². The van der Waals surface area contributed by atoms with E-state index in [1.807, 2.05) is 0 Å². The Morgan fingerprint density at radius 1 is 0.922 bits per heavy atom. The molecule has 0 aliphatic carbocycles. The van der Waals surface area contributed by atoms with Gasteiger partial charge in [-0.2, -0.15) is 0 Å². The van der Waals surface area contributed by atoms with E-state index in [9.17, 15) is 28.3 Å². The van der Waals surface area contributed by atoms with Gasteiger partial charge < -0.3 is 30.0 Å². The van der Waals surface area contributed by atoms with Gasteiger partial charge in [-0.25, -0.2) is 22.8 Å². The standard InChI is InChI=1S/C37H45F3N4O7/c1-36(2,3)50-34(47)43-32(31(22-7-11-24(38)12-8-22)23-9-13-25(39)14-10-23)33(46)42-30-18-41-17-29(40)28(30)16-15-27-19-44(26(20-45)21-49-27)35(48)51-37(4,5)6/h7-14,17-18,26-27,31-32,45H,15-16,19-21H2,1-6H3,(H,42,46)(H,43,47)/t26-,27-,32+/m1/s1. The summed E-state index contributed by atoms with van der Waals surface area (Å²) >= 11 is 0. The first-order chi connectivity index (χ1) is 23.9. The summed E-state index contributed by atoms with van der Waals surface area (Å²) in [5.74, 6) is -3.54. The number of carbonyl (C=O) groups excluding carboxylic acids is 3. The number of aromatic nitrogens is 1. The van der Waals surface area contributed by atoms with Gasteiger partial charge in [0.2, 0.25) is 5.91 Å². The highest BCUT2D eigenvalue weighted by molar-refractivity contribution is 5.98. The van der Waals surface area contributed by atoms with Crippen LogP contribution in [-0.4, -0.2) is 82.2 Å². The van der Waals surface area contributed by atoms with Crippen LogP contribution in [0.2, 0.25) is 0 Å². The molecule has 0 radical (unpaired) electrons. The third-order valence-corrected chi connectivity index (χ3v) is 7.93. The normalized spacial score (nSPS) is 17.1. The number of benzene rings is 2. The van der Waals surface area contributed by atoms with Crippen LogP contribution in [0.25, 0.3) is 0 Å². The fraction of sp³-hybridized carbons (Fsp3) is 0.459. The van der Waals surface area contributed by atoms with Crippen LogP contribution < -0.4 is 10.6 Å². The quantitative estimate of drug-likeness (QED) is 0.229. The summed E-state index contributed by atoms with van der Waals surface area (Å²) in [7, 11) is 0. The Kier molecular flexibility index (Phi) is 12.7. The zero-order valence-corrected chi connectivity index (χ0v) is 29.5. The molecule has 1 aliphatic heterocycles. The summed E-state index contributed by atoms with van der Waals surface area (Å²) in [6.45, 7) is 9.91. The Labute approximate surface area is 295 Å². The van der Waals surface area contributed by atoms with E-state index in [0.717, 1.165) is 6.20 Å². The summed E-state index contributed by atoms with van der Waals surface area (Å²) in [5, 5.41) is 15.1. The summed E-state index contributed by atoms with van der Waals surface area (Å²) in [6, 6.07) is 8.53. The Balaban J connectivity index is 1.63. The second kappa shape index (κ2) is 16.6. The maximum Gasteiger partial charge on any atom is 0.410 e. The van der Waals surface area contributed by atoms with Crippen LogP contribution in [-0.2, 0) is 25.4 Å². The molecule has 51 heavy (non-hydrogen) atoms. The van der Waals surface area contributed by atoms with Gasteiger partial charge in [0.25, 0.3) is 0 Å². The molecule has 0 bridgehead atoms. The molecule has 3 atom stereocenters. The molecule has 4 rings (SSSR count). The number of carbonyl (C=O) groups is 3. The van der Waals surface area contributed by atoms with E-state index in [1.54, 1.807) is 41.5 Å². The average molecular weight is 715 g/mol. The second-order valence-corrected chi connectivity index (χ2v) is 14.3. The Hall–Kier alpha value is -4.69. The van der Waals surface area contributed by atoms with Crippen molar-refractivity contribution >= 4 is 23.8 Å². The van der Waals surface area contributed by atoms with Crippen LogP contribution in [0.4, 0.5) is 28.4 Å². The molecule has 3 amide bonds. The molecule has 3 aromatic rings. The number of morpholine rings is 1. The van der Waals surface area contributed by atoms with Crippen molar-refractivity contribution in [3.8, 4) is 0 Å². The Bertz CT molecular complexity index is 1620. The lowest BCUT2D eigenvalue weighted by atomic mass is 9.84. The van der Waals surface area contributed by atoms with Crippen LogP contribution in [0.3, 0.4) is 0 Å². The number of alkyl carbamates (subject to hydrolysis) is 1. The number of pyridine rings is 1. The van der Waals surface area contributed by atoms with Gasteiger partial charge in [-0.3, -0.25) is 14.7 Å². The molecule has 0 unspecified atom stereocenters. The molecular formula is C37H45F3N4O7. The lowest BCUT2D eigenvalue weighted by Crippen LogP contribution is -2.55. The first-order valence-electron chi connectivity index (χ1n) is 16.6. The van der Waals surface area contributed by atoms with E-state index in [-0.39, 0.29) is 43.9 Å². The number of ether oxygens (including phenoxy) is 3. The molecule has 2 heterocycles. The highest BCUT2D eigenvalue weighted by Gasteiger charge is 2.36. The number of nitrogens with one attached hydrogen (secondary N) is 2. The third-order valence-electron chi connectivity index (χ3n) is 7.93. The number of halogens is 3. The zero-order valence-electron chi connectivity index (χ0n) is 29.5. The van der Waals surface area contributed by atoms with Gasteiger partial charge in [-0.05, 0) is 89.8 Å². The number of hydrogen-bond acceptors (Lipinski definition) is 8. The molecule has 1 fully saturated rings. The Morgan fingerprint density at radius 3 is 2.02 bits per heavy atom. The molecule has 0 saturated carbocycles. The highest BCUT2D eigenvalue weighted by atomic mass is 19.1. The summed E-state index contributed by atoms with van der Waals surface area (Å²) in [5.41, 5.74) is -0.749. The van der Waals surface area contributed by atoms with Crippen LogP contribution in [0.5, 0.6) is 0 Å². The third kappa shape index (κ3) is 11.1. The largest absolute Gasteiger partial charge is 0.444 e. The number of aliphatic hydroxyl groups excluding tert-OH is 1. The van der Waals surface area contributed by atoms with Crippen LogP contribution in [0.1, 0.15) is 70.6 Å². The molecule has 276 valence electrons. The van der Waals surface area contributed by atoms with Crippen molar-refractivity contribution in [1.29, 1.82) is 0 Å². The molecule has 1 aliphatic rings. The minimum absolute atomic E-state index is 0.0148. The van der Waals surface area contributed by atoms with Crippen LogP contribution in [0, 0.1) is 17.5 Å². The molecular weight excluding hydrogens is 669 g/mol. The minimum Gasteiger partial charge on any atom is -0.444 e. The van der Waals surface area contributed by atoms with E-state index in [0.29, 0.717) is 11.1 Å². The van der Waals surface area contributed by atoms with Crippen molar-refractivity contribution < 1.29 is 46.9 Å². The van der Waals surface area contributed by atoms with Gasteiger partial charge >= 0.3 is 12.2 Å². The molecule has 14 heteroatoms. The van der Waals surface area contributed by atoms with Crippen molar-refractivity contribution in [2.75, 3.05) is 25.1 Å². The fourth-order valence-corrected chi connectivity index (χ4v) is 5.62. The second-order valence-electron chi connectivity index (χ2n) is 14.3. The maximum absolute atomic E-state index is 15.4. The number of nitrogens with zero attached hydrogens (tertiary/aromatic N) is 2. The van der Waals surface area contributed by atoms with Gasteiger partial charge in [0.15, 0.2) is 0 Å². The van der Waals surface area contributed by atoms with Gasteiger partial charge in [0.05, 0.1) is 50.0 Å². The number of amides is 3. The summed E-state index contributed by atoms with van der Waals surface area (Å²) < 4.78 is 60.2. The van der Waals surface area contributed by atoms with Crippen LogP contribution in [0.15, 0.2) is 60.9 Å². The molecule has 3 N–H and O–H groups in total. The molecule has 1 saturated heterocycles. The van der Waals surface area contributed by atoms with Gasteiger partial charge in [-0.1, -0.05) is 24.3 Å². The number of rotatable bonds is 10. The van der Waals surface area contributed by atoms with Crippen LogP contribution >= 0.6 is 0 Å². The SMILES string of the molecule is CC(C)(C)OC(=O)N[C@H](C(=O)Nc1cncc(F)c1CC[C@@H]1CN(C(=O)OC(C)(C)C)[C@H](CO)CO1)C(c1ccc(F)cc1)c1ccc(F)cc1. The number of anilines is 1. The first kappa shape index (κ1) is 39.1. The topological polar surface area (TPSA) is 139 Å². The van der Waals surface area contributed by atoms with Crippen molar-refractivity contribution in [2.45, 2.75) is 89.7 Å². The predicted molar refractivity (Wildman–Crippen MR) is 183 cm³/mol. The van der Waals surface area contributed by atoms with E-state index in [1.165, 1.54) is 59.6 Å². The van der Waals surface area contributed by atoms with E-state index >= 15 is 4.39 Å². The average Bonchev–Trinajstić information content (AvgIpc) is 3.04. The summed E-state index contributed by atoms with van der Waals surface area (Å²) in [6.07, 6.45) is 0.427. The smallest absolute Gasteiger partial charge is 0.410 e. The zero-order chi connectivity index (χ0) is 37.5. The van der Waals surface area contributed by atoms with Gasteiger partial charge in [0.1, 0.15) is 34.7 Å². The number of aliphatic hydroxyl groups is 1. The van der Waals surface area contributed by atoms with E-state index in [2.05, 4.69) is 15.6 Å². The van der Waals surface area contributed by atoms with E-state index < -0.39 is 70.9 Å². The van der Waals surface area contributed by atoms with Gasteiger partial charge in [-0.15, -0.1) is 0 Å². The molecule has 1 aromatic heterocycles. The van der Waals surface area contributed by atoms with Crippen molar-refractivity contribution in [3.63, 3.8) is 0 Å². The lowest BCUT2D eigenvalue weighted by molar-refractivity contribution is -0.118. The van der Waals surface area contributed by atoms with Gasteiger partial charge in [0, 0.05) is 11.5 Å². The molecule has 2 aromatic carbocycles. The predicted octanol–water partition coefficient (Wildman–Crippen LogP) is 6.09. The highest BCUT2D eigenvalue weighted by Crippen LogP contribution is 2.31. The monoisotopic (exact) mass is 714 g/mol. The Morgan fingerprint density at radius 2 is 1.49 bits per heavy atom. The lowest BCUT2D eigenvalue weighted by Gasteiger charge is -2.39. The maximum atomic E-state index is 15.4. The fourth-order valence-electron chi connectivity index (χ4n) is 5.62. The van der Waals surface area contributed by atoms with Crippen molar-refractivity contribution in [3.05, 3.63) is 95.1 Å².